The fraction of sp³-hybridized carbons (Fsp3) is 0.588. The van der Waals surface area contributed by atoms with Gasteiger partial charge in [0.25, 0.3) is 0 Å². The van der Waals surface area contributed by atoms with E-state index in [0.29, 0.717) is 17.0 Å². The Morgan fingerprint density at radius 2 is 1.88 bits per heavy atom. The third kappa shape index (κ3) is 6.34. The quantitative estimate of drug-likeness (QED) is 0.564. The predicted molar refractivity (Wildman–Crippen MR) is 89.6 cm³/mol. The highest BCUT2D eigenvalue weighted by atomic mass is 32.2. The zero-order valence-electron chi connectivity index (χ0n) is 14.2. The van der Waals surface area contributed by atoms with Crippen molar-refractivity contribution in [2.75, 3.05) is 20.2 Å². The molecule has 1 aliphatic rings. The van der Waals surface area contributed by atoms with Gasteiger partial charge in [-0.15, -0.1) is 0 Å². The molecular formula is C17H23F3N2OS. The van der Waals surface area contributed by atoms with E-state index in [1.165, 1.54) is 6.07 Å². The number of piperidine rings is 1. The maximum Gasteiger partial charge on any atom is 0.416 e. The number of methoxy groups -OCH3 is 1. The summed E-state index contributed by atoms with van der Waals surface area (Å²) in [6.07, 6.45) is -2.39. The van der Waals surface area contributed by atoms with E-state index in [9.17, 15) is 13.2 Å². The van der Waals surface area contributed by atoms with E-state index in [1.54, 1.807) is 13.2 Å². The zero-order chi connectivity index (χ0) is 18.2. The number of nitriles is 1. The monoisotopic (exact) mass is 360 g/mol. The smallest absolute Gasteiger partial charge is 0.381 e. The molecule has 2 rings (SSSR count). The average molecular weight is 360 g/mol. The fourth-order valence-corrected chi connectivity index (χ4v) is 3.09. The molecule has 7 heteroatoms. The van der Waals surface area contributed by atoms with Crippen LogP contribution in [-0.4, -0.2) is 31.2 Å². The van der Waals surface area contributed by atoms with Crippen molar-refractivity contribution in [2.45, 2.75) is 50.4 Å². The van der Waals surface area contributed by atoms with Crippen LogP contribution in [-0.2, 0) is 17.5 Å². The summed E-state index contributed by atoms with van der Waals surface area (Å²) >= 11 is 0.753. The summed E-state index contributed by atoms with van der Waals surface area (Å²) in [6, 6.07) is 3.85. The summed E-state index contributed by atoms with van der Waals surface area (Å²) in [7, 11) is 1.68. The van der Waals surface area contributed by atoms with Gasteiger partial charge in [-0.05, 0) is 48.4 Å². The summed E-state index contributed by atoms with van der Waals surface area (Å²) in [5, 5.41) is 10.5. The molecular weight excluding hydrogens is 337 g/mol. The Hall–Kier alpha value is -1.23. The highest BCUT2D eigenvalue weighted by molar-refractivity contribution is 8.03. The molecule has 1 fully saturated rings. The molecule has 24 heavy (non-hydrogen) atoms. The largest absolute Gasteiger partial charge is 0.416 e. The molecule has 0 amide bonds. The minimum absolute atomic E-state index is 0.238. The summed E-state index contributed by atoms with van der Waals surface area (Å²) in [5.41, 5.74) is -0.113. The van der Waals surface area contributed by atoms with Crippen LogP contribution < -0.4 is 0 Å². The molecule has 3 nitrogen and oxygen atoms in total. The number of thioether (sulfide) groups is 1. The molecule has 0 radical (unpaired) electrons. The SMILES string of the molecule is CC.COC1CCN(Cc2cc(SC#N)cc(C(F)(F)F)c2)CC1. The lowest BCUT2D eigenvalue weighted by Crippen LogP contribution is -2.36. The number of ether oxygens (including phenoxy) is 1. The first kappa shape index (κ1) is 20.8. The van der Waals surface area contributed by atoms with Crippen molar-refractivity contribution in [3.05, 3.63) is 29.3 Å². The molecule has 0 aliphatic carbocycles. The minimum atomic E-state index is -4.40. The third-order valence-corrected chi connectivity index (χ3v) is 4.29. The van der Waals surface area contributed by atoms with Crippen LogP contribution in [0.25, 0.3) is 0 Å². The van der Waals surface area contributed by atoms with Crippen LogP contribution in [0.15, 0.2) is 23.1 Å². The van der Waals surface area contributed by atoms with E-state index in [4.69, 9.17) is 10.00 Å². The van der Waals surface area contributed by atoms with Crippen LogP contribution in [0.3, 0.4) is 0 Å². The molecule has 0 spiro atoms. The number of nitrogens with zero attached hydrogens (tertiary/aromatic N) is 2. The number of halogens is 3. The Balaban J connectivity index is 0.00000139. The standard InChI is InChI=1S/C15H17F3N2OS.C2H6/c1-21-13-2-4-20(5-3-13)9-11-6-12(15(16,17)18)8-14(7-11)22-10-19;1-2/h6-8,13H,2-5,9H2,1H3;1-2H3. The van der Waals surface area contributed by atoms with Crippen molar-refractivity contribution in [2.24, 2.45) is 0 Å². The van der Waals surface area contributed by atoms with Gasteiger partial charge in [0, 0.05) is 31.6 Å². The number of hydrogen-bond acceptors (Lipinski definition) is 4. The van der Waals surface area contributed by atoms with Crippen LogP contribution in [0.5, 0.6) is 0 Å². The van der Waals surface area contributed by atoms with E-state index < -0.39 is 11.7 Å². The van der Waals surface area contributed by atoms with Gasteiger partial charge in [0.1, 0.15) is 5.40 Å². The maximum atomic E-state index is 12.9. The topological polar surface area (TPSA) is 36.3 Å². The number of rotatable bonds is 4. The Kier molecular flexibility index (Phi) is 8.60. The number of benzene rings is 1. The van der Waals surface area contributed by atoms with Crippen molar-refractivity contribution in [3.8, 4) is 5.40 Å². The van der Waals surface area contributed by atoms with Crippen molar-refractivity contribution >= 4 is 11.8 Å². The molecule has 1 aliphatic heterocycles. The summed E-state index contributed by atoms with van der Waals surface area (Å²) < 4.78 is 44.1. The van der Waals surface area contributed by atoms with Crippen molar-refractivity contribution in [1.82, 2.24) is 4.90 Å². The first-order valence-corrected chi connectivity index (χ1v) is 8.76. The van der Waals surface area contributed by atoms with Gasteiger partial charge in [0.2, 0.25) is 0 Å². The van der Waals surface area contributed by atoms with Crippen LogP contribution >= 0.6 is 11.8 Å². The Labute approximate surface area is 145 Å². The average Bonchev–Trinajstić information content (AvgIpc) is 2.57. The molecule has 0 unspecified atom stereocenters. The van der Waals surface area contributed by atoms with E-state index in [-0.39, 0.29) is 6.10 Å². The zero-order valence-corrected chi connectivity index (χ0v) is 15.0. The van der Waals surface area contributed by atoms with Gasteiger partial charge in [-0.1, -0.05) is 13.8 Å². The molecule has 0 atom stereocenters. The van der Waals surface area contributed by atoms with Crippen LogP contribution in [0.2, 0.25) is 0 Å². The van der Waals surface area contributed by atoms with Crippen molar-refractivity contribution < 1.29 is 17.9 Å². The first-order valence-electron chi connectivity index (χ1n) is 7.94. The normalized spacial score (nSPS) is 16.2. The predicted octanol–water partition coefficient (Wildman–Crippen LogP) is 4.92. The second-order valence-corrected chi connectivity index (χ2v) is 6.13. The Bertz CT molecular complexity index is 550. The minimum Gasteiger partial charge on any atom is -0.381 e. The molecule has 0 bridgehead atoms. The Morgan fingerprint density at radius 3 is 2.38 bits per heavy atom. The highest BCUT2D eigenvalue weighted by Gasteiger charge is 2.31. The van der Waals surface area contributed by atoms with E-state index in [1.807, 2.05) is 19.2 Å². The number of alkyl halides is 3. The van der Waals surface area contributed by atoms with Crippen LogP contribution in [0, 0.1) is 10.7 Å². The molecule has 0 aromatic heterocycles. The molecule has 134 valence electrons. The van der Waals surface area contributed by atoms with Gasteiger partial charge < -0.3 is 4.74 Å². The van der Waals surface area contributed by atoms with Crippen molar-refractivity contribution in [3.63, 3.8) is 0 Å². The van der Waals surface area contributed by atoms with Gasteiger partial charge in [-0.2, -0.15) is 18.4 Å². The lowest BCUT2D eigenvalue weighted by atomic mass is 10.1. The number of thiocyanates is 1. The number of hydrogen-bond donors (Lipinski definition) is 0. The lowest BCUT2D eigenvalue weighted by Gasteiger charge is -2.31. The van der Waals surface area contributed by atoms with E-state index >= 15 is 0 Å². The highest BCUT2D eigenvalue weighted by Crippen LogP contribution is 2.33. The molecule has 0 N–H and O–H groups in total. The van der Waals surface area contributed by atoms with Crippen molar-refractivity contribution in [1.29, 1.82) is 5.26 Å². The summed E-state index contributed by atoms with van der Waals surface area (Å²) in [4.78, 5) is 2.45. The molecule has 1 heterocycles. The van der Waals surface area contributed by atoms with Gasteiger partial charge in [0.15, 0.2) is 0 Å². The van der Waals surface area contributed by atoms with Gasteiger partial charge in [0.05, 0.1) is 11.7 Å². The van der Waals surface area contributed by atoms with Crippen LogP contribution in [0.1, 0.15) is 37.8 Å². The van der Waals surface area contributed by atoms with Gasteiger partial charge in [-0.3, -0.25) is 4.90 Å². The lowest BCUT2D eigenvalue weighted by molar-refractivity contribution is -0.137. The summed E-state index contributed by atoms with van der Waals surface area (Å²) in [6.45, 7) is 6.06. The number of likely N-dealkylation sites (tertiary alicyclic amines) is 1. The Morgan fingerprint density at radius 1 is 1.25 bits per heavy atom. The van der Waals surface area contributed by atoms with Gasteiger partial charge in [-0.25, -0.2) is 0 Å². The fourth-order valence-electron chi connectivity index (χ4n) is 2.59. The molecule has 1 aromatic carbocycles. The molecule has 1 aromatic rings. The molecule has 0 saturated carbocycles. The first-order chi connectivity index (χ1) is 11.4. The second kappa shape index (κ2) is 9.92. The second-order valence-electron chi connectivity index (χ2n) is 5.27. The summed E-state index contributed by atoms with van der Waals surface area (Å²) in [5.74, 6) is 0. The maximum absolute atomic E-state index is 12.9. The molecule has 1 saturated heterocycles. The van der Waals surface area contributed by atoms with Gasteiger partial charge >= 0.3 is 6.18 Å². The van der Waals surface area contributed by atoms with Crippen LogP contribution in [0.4, 0.5) is 13.2 Å². The van der Waals surface area contributed by atoms with E-state index in [0.717, 1.165) is 43.8 Å². The third-order valence-electron chi connectivity index (χ3n) is 3.73. The van der Waals surface area contributed by atoms with E-state index in [2.05, 4.69) is 4.90 Å².